The molecule has 2 fully saturated rings. The summed E-state index contributed by atoms with van der Waals surface area (Å²) in [5.74, 6) is 0.409. The van der Waals surface area contributed by atoms with Crippen molar-refractivity contribution < 1.29 is 9.13 Å². The second-order valence-electron chi connectivity index (χ2n) is 6.44. The van der Waals surface area contributed by atoms with E-state index in [1.165, 1.54) is 19.3 Å². The first-order valence-electron chi connectivity index (χ1n) is 8.02. The SMILES string of the molecule is CN(CC1CCCOC1)c1cc(F)cc(CNC2CC2)c1. The van der Waals surface area contributed by atoms with Crippen LogP contribution in [0.25, 0.3) is 0 Å². The van der Waals surface area contributed by atoms with Crippen molar-refractivity contribution in [1.82, 2.24) is 5.32 Å². The lowest BCUT2D eigenvalue weighted by atomic mass is 10.0. The van der Waals surface area contributed by atoms with Crippen LogP contribution < -0.4 is 10.2 Å². The fourth-order valence-electron chi connectivity index (χ4n) is 2.95. The lowest BCUT2D eigenvalue weighted by molar-refractivity contribution is 0.0576. The molecular formula is C17H25FN2O. The van der Waals surface area contributed by atoms with Crippen LogP contribution in [0, 0.1) is 11.7 Å². The third kappa shape index (κ3) is 4.42. The molecule has 1 aliphatic heterocycles. The molecule has 1 saturated carbocycles. The largest absolute Gasteiger partial charge is 0.381 e. The Morgan fingerprint density at radius 1 is 1.29 bits per heavy atom. The van der Waals surface area contributed by atoms with Gasteiger partial charge in [-0.3, -0.25) is 0 Å². The first-order chi connectivity index (χ1) is 10.2. The van der Waals surface area contributed by atoms with Gasteiger partial charge < -0.3 is 15.0 Å². The number of hydrogen-bond acceptors (Lipinski definition) is 3. The minimum Gasteiger partial charge on any atom is -0.381 e. The lowest BCUT2D eigenvalue weighted by Crippen LogP contribution is -2.31. The van der Waals surface area contributed by atoms with Crippen molar-refractivity contribution in [2.75, 3.05) is 31.7 Å². The van der Waals surface area contributed by atoms with E-state index in [1.807, 2.05) is 7.05 Å². The number of rotatable bonds is 6. The summed E-state index contributed by atoms with van der Waals surface area (Å²) in [4.78, 5) is 2.16. The van der Waals surface area contributed by atoms with Gasteiger partial charge in [0, 0.05) is 38.5 Å². The molecule has 1 heterocycles. The predicted octanol–water partition coefficient (Wildman–Crippen LogP) is 2.94. The molecular weight excluding hydrogens is 267 g/mol. The minimum absolute atomic E-state index is 0.146. The van der Waals surface area contributed by atoms with Gasteiger partial charge in [-0.25, -0.2) is 4.39 Å². The molecule has 0 spiro atoms. The molecule has 0 bridgehead atoms. The first-order valence-corrected chi connectivity index (χ1v) is 8.02. The molecule has 1 aromatic carbocycles. The predicted molar refractivity (Wildman–Crippen MR) is 83.1 cm³/mol. The number of nitrogens with one attached hydrogen (secondary N) is 1. The summed E-state index contributed by atoms with van der Waals surface area (Å²) in [5.41, 5.74) is 2.00. The Morgan fingerprint density at radius 2 is 2.14 bits per heavy atom. The summed E-state index contributed by atoms with van der Waals surface area (Å²) in [6.07, 6.45) is 4.85. The summed E-state index contributed by atoms with van der Waals surface area (Å²) in [7, 11) is 2.04. The maximum atomic E-state index is 13.8. The molecule has 116 valence electrons. The van der Waals surface area contributed by atoms with Crippen LogP contribution in [-0.2, 0) is 11.3 Å². The van der Waals surface area contributed by atoms with Gasteiger partial charge in [-0.05, 0) is 55.4 Å². The van der Waals surface area contributed by atoms with Crippen molar-refractivity contribution >= 4 is 5.69 Å². The average molecular weight is 292 g/mol. The number of halogens is 1. The zero-order chi connectivity index (χ0) is 14.7. The fraction of sp³-hybridized carbons (Fsp3) is 0.647. The van der Waals surface area contributed by atoms with Crippen LogP contribution in [0.3, 0.4) is 0 Å². The molecule has 21 heavy (non-hydrogen) atoms. The van der Waals surface area contributed by atoms with Crippen molar-refractivity contribution in [1.29, 1.82) is 0 Å². The van der Waals surface area contributed by atoms with E-state index in [0.717, 1.165) is 44.0 Å². The van der Waals surface area contributed by atoms with Gasteiger partial charge in [0.1, 0.15) is 5.82 Å². The lowest BCUT2D eigenvalue weighted by Gasteiger charge is -2.28. The van der Waals surface area contributed by atoms with Crippen molar-refractivity contribution in [3.8, 4) is 0 Å². The Balaban J connectivity index is 1.61. The van der Waals surface area contributed by atoms with Gasteiger partial charge in [-0.15, -0.1) is 0 Å². The number of ether oxygens (including phenoxy) is 1. The zero-order valence-electron chi connectivity index (χ0n) is 12.8. The summed E-state index contributed by atoms with van der Waals surface area (Å²) in [6, 6.07) is 6.01. The van der Waals surface area contributed by atoms with Gasteiger partial charge in [0.05, 0.1) is 6.61 Å². The molecule has 4 heteroatoms. The fourth-order valence-corrected chi connectivity index (χ4v) is 2.95. The molecule has 1 N–H and O–H groups in total. The molecule has 1 aliphatic carbocycles. The van der Waals surface area contributed by atoms with Crippen molar-refractivity contribution in [3.63, 3.8) is 0 Å². The summed E-state index contributed by atoms with van der Waals surface area (Å²) < 4.78 is 19.4. The number of nitrogens with zero attached hydrogens (tertiary/aromatic N) is 1. The third-order valence-electron chi connectivity index (χ3n) is 4.34. The van der Waals surface area contributed by atoms with E-state index in [0.29, 0.717) is 12.0 Å². The Morgan fingerprint density at radius 3 is 2.86 bits per heavy atom. The Bertz CT molecular complexity index is 470. The summed E-state index contributed by atoms with van der Waals surface area (Å²) in [6.45, 7) is 3.40. The molecule has 1 aromatic rings. The van der Waals surface area contributed by atoms with Gasteiger partial charge in [-0.1, -0.05) is 0 Å². The van der Waals surface area contributed by atoms with Gasteiger partial charge in [0.25, 0.3) is 0 Å². The van der Waals surface area contributed by atoms with Crippen LogP contribution in [0.4, 0.5) is 10.1 Å². The monoisotopic (exact) mass is 292 g/mol. The van der Waals surface area contributed by atoms with E-state index in [4.69, 9.17) is 4.74 Å². The van der Waals surface area contributed by atoms with Crippen LogP contribution in [0.2, 0.25) is 0 Å². The highest BCUT2D eigenvalue weighted by Crippen LogP contribution is 2.23. The van der Waals surface area contributed by atoms with Crippen molar-refractivity contribution in [3.05, 3.63) is 29.6 Å². The maximum absolute atomic E-state index is 13.8. The second kappa shape index (κ2) is 6.75. The highest BCUT2D eigenvalue weighted by Gasteiger charge is 2.20. The molecule has 0 aromatic heterocycles. The third-order valence-corrected chi connectivity index (χ3v) is 4.34. The van der Waals surface area contributed by atoms with E-state index in [1.54, 1.807) is 12.1 Å². The van der Waals surface area contributed by atoms with Gasteiger partial charge in [0.2, 0.25) is 0 Å². The highest BCUT2D eigenvalue weighted by atomic mass is 19.1. The number of anilines is 1. The zero-order valence-corrected chi connectivity index (χ0v) is 12.8. The normalized spacial score (nSPS) is 22.3. The van der Waals surface area contributed by atoms with Crippen LogP contribution in [0.15, 0.2) is 18.2 Å². The summed E-state index contributed by atoms with van der Waals surface area (Å²) >= 11 is 0. The molecule has 1 saturated heterocycles. The van der Waals surface area contributed by atoms with Crippen LogP contribution >= 0.6 is 0 Å². The van der Waals surface area contributed by atoms with Crippen LogP contribution in [0.1, 0.15) is 31.2 Å². The van der Waals surface area contributed by atoms with Crippen molar-refractivity contribution in [2.24, 2.45) is 5.92 Å². The van der Waals surface area contributed by atoms with E-state index < -0.39 is 0 Å². The topological polar surface area (TPSA) is 24.5 Å². The smallest absolute Gasteiger partial charge is 0.125 e. The highest BCUT2D eigenvalue weighted by molar-refractivity contribution is 5.48. The van der Waals surface area contributed by atoms with Gasteiger partial charge in [0.15, 0.2) is 0 Å². The van der Waals surface area contributed by atoms with E-state index in [9.17, 15) is 4.39 Å². The Kier molecular flexibility index (Phi) is 4.76. The minimum atomic E-state index is -0.146. The Labute approximate surface area is 126 Å². The standard InChI is InChI=1S/C17H25FN2O/c1-20(11-13-3-2-6-21-12-13)17-8-14(7-15(18)9-17)10-19-16-4-5-16/h7-9,13,16,19H,2-6,10-12H2,1H3. The quantitative estimate of drug-likeness (QED) is 0.872. The molecule has 2 aliphatic rings. The molecule has 0 radical (unpaired) electrons. The second-order valence-corrected chi connectivity index (χ2v) is 6.44. The maximum Gasteiger partial charge on any atom is 0.125 e. The summed E-state index contributed by atoms with van der Waals surface area (Å²) in [5, 5.41) is 3.44. The van der Waals surface area contributed by atoms with E-state index in [-0.39, 0.29) is 5.82 Å². The molecule has 0 amide bonds. The Hall–Kier alpha value is -1.13. The van der Waals surface area contributed by atoms with Crippen LogP contribution in [-0.4, -0.2) is 32.8 Å². The van der Waals surface area contributed by atoms with Gasteiger partial charge >= 0.3 is 0 Å². The number of hydrogen-bond donors (Lipinski definition) is 1. The van der Waals surface area contributed by atoms with Crippen LogP contribution in [0.5, 0.6) is 0 Å². The van der Waals surface area contributed by atoms with E-state index >= 15 is 0 Å². The molecule has 1 atom stereocenters. The molecule has 3 rings (SSSR count). The first kappa shape index (κ1) is 14.8. The number of benzene rings is 1. The van der Waals surface area contributed by atoms with E-state index in [2.05, 4.69) is 16.3 Å². The molecule has 1 unspecified atom stereocenters. The van der Waals surface area contributed by atoms with Gasteiger partial charge in [-0.2, -0.15) is 0 Å². The van der Waals surface area contributed by atoms with Crippen molar-refractivity contribution in [2.45, 2.75) is 38.3 Å². The average Bonchev–Trinajstić information content (AvgIpc) is 3.30. The molecule has 3 nitrogen and oxygen atoms in total.